The molecule has 0 heterocycles. The van der Waals surface area contributed by atoms with E-state index in [1.807, 2.05) is 6.92 Å². The number of hydrogen-bond donors (Lipinski definition) is 1. The van der Waals surface area contributed by atoms with Gasteiger partial charge in [0.15, 0.2) is 11.6 Å². The number of ether oxygens (including phenoxy) is 1. The molecule has 0 spiro atoms. The van der Waals surface area contributed by atoms with Crippen molar-refractivity contribution in [3.8, 4) is 5.75 Å². The zero-order chi connectivity index (χ0) is 16.1. The van der Waals surface area contributed by atoms with E-state index < -0.39 is 23.5 Å². The van der Waals surface area contributed by atoms with E-state index in [9.17, 15) is 18.4 Å². The molecular formula is C16H13F2NO3. The van der Waals surface area contributed by atoms with Crippen molar-refractivity contribution in [2.45, 2.75) is 6.92 Å². The molecule has 0 aromatic heterocycles. The van der Waals surface area contributed by atoms with Crippen LogP contribution < -0.4 is 10.1 Å². The SMILES string of the molecule is Cc1ccc(OC(=O)CNC(=O)c2ccc(F)c(F)c2)cc1. The van der Waals surface area contributed by atoms with Gasteiger partial charge in [-0.3, -0.25) is 4.79 Å². The lowest BCUT2D eigenvalue weighted by atomic mass is 10.2. The van der Waals surface area contributed by atoms with E-state index in [0.29, 0.717) is 5.75 Å². The minimum absolute atomic E-state index is 0.0814. The van der Waals surface area contributed by atoms with Crippen molar-refractivity contribution < 1.29 is 23.1 Å². The number of aryl methyl sites for hydroxylation is 1. The van der Waals surface area contributed by atoms with E-state index in [4.69, 9.17) is 4.74 Å². The molecule has 114 valence electrons. The van der Waals surface area contributed by atoms with Crippen molar-refractivity contribution in [1.29, 1.82) is 0 Å². The summed E-state index contributed by atoms with van der Waals surface area (Å²) < 4.78 is 30.8. The standard InChI is InChI=1S/C16H13F2NO3/c1-10-2-5-12(6-3-10)22-15(20)9-19-16(21)11-4-7-13(17)14(18)8-11/h2-8H,9H2,1H3,(H,19,21). The normalized spacial score (nSPS) is 10.1. The highest BCUT2D eigenvalue weighted by atomic mass is 19.2. The van der Waals surface area contributed by atoms with E-state index >= 15 is 0 Å². The predicted octanol–water partition coefficient (Wildman–Crippen LogP) is 2.61. The summed E-state index contributed by atoms with van der Waals surface area (Å²) in [5, 5.41) is 2.27. The summed E-state index contributed by atoms with van der Waals surface area (Å²) in [6, 6.07) is 9.55. The fourth-order valence-electron chi connectivity index (χ4n) is 1.67. The highest BCUT2D eigenvalue weighted by Gasteiger charge is 2.12. The molecule has 4 nitrogen and oxygen atoms in total. The maximum atomic E-state index is 13.0. The maximum Gasteiger partial charge on any atom is 0.330 e. The van der Waals surface area contributed by atoms with E-state index in [1.54, 1.807) is 24.3 Å². The minimum atomic E-state index is -1.13. The number of hydrogen-bond acceptors (Lipinski definition) is 3. The van der Waals surface area contributed by atoms with Crippen LogP contribution in [-0.2, 0) is 4.79 Å². The second-order valence-electron chi connectivity index (χ2n) is 4.60. The van der Waals surface area contributed by atoms with Crippen LogP contribution in [0.4, 0.5) is 8.78 Å². The molecule has 0 fully saturated rings. The van der Waals surface area contributed by atoms with Gasteiger partial charge in [-0.1, -0.05) is 17.7 Å². The molecule has 0 radical (unpaired) electrons. The van der Waals surface area contributed by atoms with Gasteiger partial charge in [-0.2, -0.15) is 0 Å². The van der Waals surface area contributed by atoms with Gasteiger partial charge < -0.3 is 10.1 Å². The summed E-state index contributed by atoms with van der Waals surface area (Å²) in [5.74, 6) is -3.18. The van der Waals surface area contributed by atoms with Crippen LogP contribution in [0, 0.1) is 18.6 Å². The van der Waals surface area contributed by atoms with Gasteiger partial charge >= 0.3 is 5.97 Å². The molecule has 0 aliphatic carbocycles. The van der Waals surface area contributed by atoms with Crippen molar-refractivity contribution in [3.05, 3.63) is 65.2 Å². The molecule has 0 atom stereocenters. The van der Waals surface area contributed by atoms with Crippen molar-refractivity contribution in [3.63, 3.8) is 0 Å². The Bertz CT molecular complexity index is 699. The van der Waals surface area contributed by atoms with Crippen LogP contribution in [0.5, 0.6) is 5.75 Å². The van der Waals surface area contributed by atoms with Gasteiger partial charge in [0.25, 0.3) is 5.91 Å². The molecule has 1 amide bonds. The third kappa shape index (κ3) is 4.12. The van der Waals surface area contributed by atoms with Crippen molar-refractivity contribution in [2.24, 2.45) is 0 Å². The number of halogens is 2. The van der Waals surface area contributed by atoms with E-state index in [0.717, 1.165) is 23.8 Å². The third-order valence-corrected chi connectivity index (χ3v) is 2.83. The molecule has 22 heavy (non-hydrogen) atoms. The zero-order valence-corrected chi connectivity index (χ0v) is 11.7. The largest absolute Gasteiger partial charge is 0.425 e. The number of carbonyl (C=O) groups is 2. The Labute approximate surface area is 125 Å². The molecule has 0 saturated heterocycles. The zero-order valence-electron chi connectivity index (χ0n) is 11.7. The molecule has 2 rings (SSSR count). The summed E-state index contributed by atoms with van der Waals surface area (Å²) in [6.45, 7) is 1.51. The Morgan fingerprint density at radius 2 is 1.73 bits per heavy atom. The van der Waals surface area contributed by atoms with E-state index in [1.165, 1.54) is 0 Å². The summed E-state index contributed by atoms with van der Waals surface area (Å²) in [7, 11) is 0. The topological polar surface area (TPSA) is 55.4 Å². The fraction of sp³-hybridized carbons (Fsp3) is 0.125. The van der Waals surface area contributed by atoms with Crippen LogP contribution in [0.25, 0.3) is 0 Å². The fourth-order valence-corrected chi connectivity index (χ4v) is 1.67. The van der Waals surface area contributed by atoms with Gasteiger partial charge in [0.05, 0.1) is 0 Å². The van der Waals surface area contributed by atoms with Crippen LogP contribution >= 0.6 is 0 Å². The predicted molar refractivity (Wildman–Crippen MR) is 75.5 cm³/mol. The number of esters is 1. The van der Waals surface area contributed by atoms with Gasteiger partial charge in [0, 0.05) is 5.56 Å². The highest BCUT2D eigenvalue weighted by molar-refractivity contribution is 5.96. The first-order valence-electron chi connectivity index (χ1n) is 6.46. The lowest BCUT2D eigenvalue weighted by Gasteiger charge is -2.06. The van der Waals surface area contributed by atoms with E-state index in [-0.39, 0.29) is 12.1 Å². The molecule has 0 bridgehead atoms. The maximum absolute atomic E-state index is 13.0. The lowest BCUT2D eigenvalue weighted by Crippen LogP contribution is -2.32. The average molecular weight is 305 g/mol. The van der Waals surface area contributed by atoms with Gasteiger partial charge in [-0.25, -0.2) is 13.6 Å². The second-order valence-corrected chi connectivity index (χ2v) is 4.60. The van der Waals surface area contributed by atoms with Crippen molar-refractivity contribution >= 4 is 11.9 Å². The summed E-state index contributed by atoms with van der Waals surface area (Å²) in [5.41, 5.74) is 0.938. The van der Waals surface area contributed by atoms with Crippen molar-refractivity contribution in [1.82, 2.24) is 5.32 Å². The highest BCUT2D eigenvalue weighted by Crippen LogP contribution is 2.11. The molecule has 0 saturated carbocycles. The first-order valence-corrected chi connectivity index (χ1v) is 6.46. The summed E-state index contributed by atoms with van der Waals surface area (Å²) >= 11 is 0. The average Bonchev–Trinajstić information content (AvgIpc) is 2.50. The number of nitrogens with one attached hydrogen (secondary N) is 1. The smallest absolute Gasteiger partial charge is 0.330 e. The molecular weight excluding hydrogens is 292 g/mol. The number of benzene rings is 2. The molecule has 6 heteroatoms. The van der Waals surface area contributed by atoms with Crippen molar-refractivity contribution in [2.75, 3.05) is 6.54 Å². The van der Waals surface area contributed by atoms with Crippen LogP contribution in [0.15, 0.2) is 42.5 Å². The Balaban J connectivity index is 1.88. The molecule has 2 aromatic carbocycles. The van der Waals surface area contributed by atoms with E-state index in [2.05, 4.69) is 5.32 Å². The van der Waals surface area contributed by atoms with Crippen LogP contribution in [0.3, 0.4) is 0 Å². The van der Waals surface area contributed by atoms with Crippen LogP contribution in [0.2, 0.25) is 0 Å². The van der Waals surface area contributed by atoms with Gasteiger partial charge in [0.2, 0.25) is 0 Å². The van der Waals surface area contributed by atoms with Crippen LogP contribution in [-0.4, -0.2) is 18.4 Å². The first-order chi connectivity index (χ1) is 10.5. The van der Waals surface area contributed by atoms with Gasteiger partial charge in [0.1, 0.15) is 12.3 Å². The molecule has 1 N–H and O–H groups in total. The van der Waals surface area contributed by atoms with Crippen LogP contribution in [0.1, 0.15) is 15.9 Å². The quantitative estimate of drug-likeness (QED) is 0.698. The Kier molecular flexibility index (Phi) is 4.83. The third-order valence-electron chi connectivity index (χ3n) is 2.83. The van der Waals surface area contributed by atoms with Gasteiger partial charge in [-0.05, 0) is 37.3 Å². The monoisotopic (exact) mass is 305 g/mol. The molecule has 0 aliphatic rings. The van der Waals surface area contributed by atoms with Gasteiger partial charge in [-0.15, -0.1) is 0 Å². The number of rotatable bonds is 4. The Morgan fingerprint density at radius 3 is 2.36 bits per heavy atom. The second kappa shape index (κ2) is 6.80. The lowest BCUT2D eigenvalue weighted by molar-refractivity contribution is -0.133. The Morgan fingerprint density at radius 1 is 1.05 bits per heavy atom. The first kappa shape index (κ1) is 15.6. The minimum Gasteiger partial charge on any atom is -0.425 e. The molecule has 0 aliphatic heterocycles. The summed E-state index contributed by atoms with van der Waals surface area (Å²) in [6.07, 6.45) is 0. The molecule has 2 aromatic rings. The number of amides is 1. The molecule has 0 unspecified atom stereocenters. The number of carbonyl (C=O) groups excluding carboxylic acids is 2. The summed E-state index contributed by atoms with van der Waals surface area (Å²) in [4.78, 5) is 23.3. The Hall–Kier alpha value is -2.76.